The molecule has 0 bridgehead atoms. The van der Waals surface area contributed by atoms with Crippen molar-refractivity contribution < 1.29 is 19.8 Å². The standard InChI is InChI=1S/C12H23N3O4/c1-15(9-4-2-3-5-9)7-6-13-12(19)14-10(8-16)11(17)18/h9-10,16H,2-8H2,1H3,(H,17,18)(H2,13,14,19). The van der Waals surface area contributed by atoms with Crippen LogP contribution in [0.25, 0.3) is 0 Å². The van der Waals surface area contributed by atoms with Crippen molar-refractivity contribution in [1.29, 1.82) is 0 Å². The topological polar surface area (TPSA) is 102 Å². The molecule has 1 aliphatic rings. The molecule has 7 heteroatoms. The van der Waals surface area contributed by atoms with Gasteiger partial charge in [-0.25, -0.2) is 9.59 Å². The van der Waals surface area contributed by atoms with Gasteiger partial charge in [-0.1, -0.05) is 12.8 Å². The molecule has 0 aromatic heterocycles. The highest BCUT2D eigenvalue weighted by Gasteiger charge is 2.20. The summed E-state index contributed by atoms with van der Waals surface area (Å²) < 4.78 is 0. The van der Waals surface area contributed by atoms with E-state index in [2.05, 4.69) is 15.5 Å². The Bertz CT molecular complexity index is 305. The minimum absolute atomic E-state index is 0.455. The molecule has 1 saturated carbocycles. The highest BCUT2D eigenvalue weighted by atomic mass is 16.4. The van der Waals surface area contributed by atoms with Crippen LogP contribution in [0.2, 0.25) is 0 Å². The molecule has 0 heterocycles. The first-order valence-electron chi connectivity index (χ1n) is 6.63. The zero-order valence-corrected chi connectivity index (χ0v) is 11.3. The van der Waals surface area contributed by atoms with Crippen LogP contribution in [0.5, 0.6) is 0 Å². The van der Waals surface area contributed by atoms with Crippen LogP contribution in [-0.4, -0.2) is 65.9 Å². The molecule has 0 aliphatic heterocycles. The number of nitrogens with zero attached hydrogens (tertiary/aromatic N) is 1. The van der Waals surface area contributed by atoms with Crippen LogP contribution in [0.15, 0.2) is 0 Å². The molecule has 0 aromatic carbocycles. The van der Waals surface area contributed by atoms with Gasteiger partial charge in [-0.2, -0.15) is 0 Å². The van der Waals surface area contributed by atoms with Crippen LogP contribution in [0.1, 0.15) is 25.7 Å². The van der Waals surface area contributed by atoms with Gasteiger partial charge in [0, 0.05) is 19.1 Å². The number of hydrogen-bond acceptors (Lipinski definition) is 4. The Morgan fingerprint density at radius 1 is 1.37 bits per heavy atom. The van der Waals surface area contributed by atoms with Crippen molar-refractivity contribution in [2.45, 2.75) is 37.8 Å². The van der Waals surface area contributed by atoms with Gasteiger partial charge >= 0.3 is 12.0 Å². The molecule has 1 aliphatic carbocycles. The first-order valence-corrected chi connectivity index (χ1v) is 6.63. The fraction of sp³-hybridized carbons (Fsp3) is 0.833. The lowest BCUT2D eigenvalue weighted by Gasteiger charge is -2.24. The van der Waals surface area contributed by atoms with E-state index in [9.17, 15) is 9.59 Å². The van der Waals surface area contributed by atoms with E-state index >= 15 is 0 Å². The first-order chi connectivity index (χ1) is 9.04. The fourth-order valence-corrected chi connectivity index (χ4v) is 2.27. The van der Waals surface area contributed by atoms with E-state index in [-0.39, 0.29) is 0 Å². The molecule has 2 amide bonds. The highest BCUT2D eigenvalue weighted by molar-refractivity contribution is 5.82. The van der Waals surface area contributed by atoms with Gasteiger partial charge < -0.3 is 25.7 Å². The van der Waals surface area contributed by atoms with Crippen LogP contribution in [0.3, 0.4) is 0 Å². The summed E-state index contributed by atoms with van der Waals surface area (Å²) in [6, 6.07) is -1.23. The molecule has 110 valence electrons. The molecule has 0 spiro atoms. The van der Waals surface area contributed by atoms with Gasteiger partial charge in [-0.3, -0.25) is 0 Å². The van der Waals surface area contributed by atoms with Crippen molar-refractivity contribution in [2.24, 2.45) is 0 Å². The lowest BCUT2D eigenvalue weighted by molar-refractivity contribution is -0.140. The summed E-state index contributed by atoms with van der Waals surface area (Å²) in [5, 5.41) is 22.2. The van der Waals surface area contributed by atoms with Crippen molar-refractivity contribution in [3.05, 3.63) is 0 Å². The Morgan fingerprint density at radius 3 is 2.53 bits per heavy atom. The van der Waals surface area contributed by atoms with E-state index in [1.807, 2.05) is 7.05 Å². The number of likely N-dealkylation sites (N-methyl/N-ethyl adjacent to an activating group) is 1. The van der Waals surface area contributed by atoms with Gasteiger partial charge in [0.05, 0.1) is 6.61 Å². The van der Waals surface area contributed by atoms with Gasteiger partial charge in [-0.15, -0.1) is 0 Å². The Hall–Kier alpha value is -1.34. The van der Waals surface area contributed by atoms with Crippen molar-refractivity contribution in [1.82, 2.24) is 15.5 Å². The molecular formula is C12H23N3O4. The molecular weight excluding hydrogens is 250 g/mol. The van der Waals surface area contributed by atoms with E-state index < -0.39 is 24.6 Å². The zero-order chi connectivity index (χ0) is 14.3. The number of hydrogen-bond donors (Lipinski definition) is 4. The number of rotatable bonds is 7. The number of aliphatic hydroxyl groups is 1. The molecule has 0 aromatic rings. The quantitative estimate of drug-likeness (QED) is 0.506. The highest BCUT2D eigenvalue weighted by Crippen LogP contribution is 2.21. The molecule has 1 rings (SSSR count). The summed E-state index contributed by atoms with van der Waals surface area (Å²) >= 11 is 0. The van der Waals surface area contributed by atoms with Crippen LogP contribution >= 0.6 is 0 Å². The van der Waals surface area contributed by atoms with Crippen LogP contribution in [0.4, 0.5) is 4.79 Å². The number of amides is 2. The number of nitrogens with one attached hydrogen (secondary N) is 2. The number of aliphatic hydroxyl groups excluding tert-OH is 1. The number of urea groups is 1. The van der Waals surface area contributed by atoms with E-state index in [4.69, 9.17) is 10.2 Å². The predicted octanol–water partition coefficient (Wildman–Crippen LogP) is -0.394. The molecule has 1 atom stereocenters. The second kappa shape index (κ2) is 7.96. The van der Waals surface area contributed by atoms with Gasteiger partial charge in [0.25, 0.3) is 0 Å². The minimum atomic E-state index is -1.26. The Kier molecular flexibility index (Phi) is 6.58. The van der Waals surface area contributed by atoms with Crippen molar-refractivity contribution in [3.8, 4) is 0 Å². The van der Waals surface area contributed by atoms with E-state index in [0.29, 0.717) is 12.6 Å². The third-order valence-corrected chi connectivity index (χ3v) is 3.48. The van der Waals surface area contributed by atoms with E-state index in [0.717, 1.165) is 6.54 Å². The number of aliphatic carboxylic acids is 1. The summed E-state index contributed by atoms with van der Waals surface area (Å²) in [6.45, 7) is 0.566. The normalized spacial score (nSPS) is 17.4. The summed E-state index contributed by atoms with van der Waals surface area (Å²) in [4.78, 5) is 24.2. The third kappa shape index (κ3) is 5.44. The smallest absolute Gasteiger partial charge is 0.328 e. The number of carbonyl (C=O) groups excluding carboxylic acids is 1. The summed E-state index contributed by atoms with van der Waals surface area (Å²) in [5.74, 6) is -1.25. The predicted molar refractivity (Wildman–Crippen MR) is 69.9 cm³/mol. The molecule has 1 unspecified atom stereocenters. The van der Waals surface area contributed by atoms with Gasteiger partial charge in [-0.05, 0) is 19.9 Å². The Balaban J connectivity index is 2.17. The molecule has 0 radical (unpaired) electrons. The van der Waals surface area contributed by atoms with Crippen molar-refractivity contribution in [3.63, 3.8) is 0 Å². The maximum atomic E-state index is 11.4. The molecule has 7 nitrogen and oxygen atoms in total. The molecule has 0 saturated heterocycles. The Labute approximate surface area is 113 Å². The third-order valence-electron chi connectivity index (χ3n) is 3.48. The maximum Gasteiger partial charge on any atom is 0.328 e. The molecule has 19 heavy (non-hydrogen) atoms. The number of carbonyl (C=O) groups is 2. The summed E-state index contributed by atoms with van der Waals surface area (Å²) in [5.41, 5.74) is 0. The monoisotopic (exact) mass is 273 g/mol. The van der Waals surface area contributed by atoms with Crippen LogP contribution in [0, 0.1) is 0 Å². The number of carboxylic acids is 1. The van der Waals surface area contributed by atoms with Gasteiger partial charge in [0.1, 0.15) is 0 Å². The SMILES string of the molecule is CN(CCNC(=O)NC(CO)C(=O)O)C1CCCC1. The van der Waals surface area contributed by atoms with Gasteiger partial charge in [0.2, 0.25) is 0 Å². The zero-order valence-electron chi connectivity index (χ0n) is 11.3. The average Bonchev–Trinajstić information content (AvgIpc) is 2.89. The lowest BCUT2D eigenvalue weighted by Crippen LogP contribution is -2.49. The average molecular weight is 273 g/mol. The van der Waals surface area contributed by atoms with E-state index in [1.165, 1.54) is 25.7 Å². The molecule has 1 fully saturated rings. The second-order valence-corrected chi connectivity index (χ2v) is 4.89. The van der Waals surface area contributed by atoms with Crippen LogP contribution < -0.4 is 10.6 Å². The minimum Gasteiger partial charge on any atom is -0.480 e. The maximum absolute atomic E-state index is 11.4. The largest absolute Gasteiger partial charge is 0.480 e. The Morgan fingerprint density at radius 2 is 2.00 bits per heavy atom. The van der Waals surface area contributed by atoms with Crippen LogP contribution in [-0.2, 0) is 4.79 Å². The second-order valence-electron chi connectivity index (χ2n) is 4.89. The summed E-state index contributed by atoms with van der Waals surface area (Å²) in [7, 11) is 2.03. The van der Waals surface area contributed by atoms with Crippen molar-refractivity contribution >= 4 is 12.0 Å². The number of carboxylic acid groups (broad SMARTS) is 1. The first kappa shape index (κ1) is 15.7. The van der Waals surface area contributed by atoms with E-state index in [1.54, 1.807) is 0 Å². The fourth-order valence-electron chi connectivity index (χ4n) is 2.27. The van der Waals surface area contributed by atoms with Gasteiger partial charge in [0.15, 0.2) is 6.04 Å². The van der Waals surface area contributed by atoms with Crippen molar-refractivity contribution in [2.75, 3.05) is 26.7 Å². The lowest BCUT2D eigenvalue weighted by atomic mass is 10.2. The molecule has 4 N–H and O–H groups in total. The summed E-state index contributed by atoms with van der Waals surface area (Å²) in [6.07, 6.45) is 4.93.